The first-order valence-corrected chi connectivity index (χ1v) is 10.6. The molecule has 3 aromatic rings. The summed E-state index contributed by atoms with van der Waals surface area (Å²) >= 11 is 1.56. The highest BCUT2D eigenvalue weighted by atomic mass is 32.1. The number of hydrogen-bond acceptors (Lipinski definition) is 6. The second-order valence-electron chi connectivity index (χ2n) is 7.23. The minimum atomic E-state index is -1.01. The van der Waals surface area contributed by atoms with Crippen molar-refractivity contribution >= 4 is 17.3 Å². The molecule has 0 bridgehead atoms. The van der Waals surface area contributed by atoms with E-state index in [1.54, 1.807) is 25.4 Å². The van der Waals surface area contributed by atoms with E-state index in [1.165, 1.54) is 0 Å². The van der Waals surface area contributed by atoms with Gasteiger partial charge in [-0.25, -0.2) is 4.99 Å². The number of aromatic nitrogens is 3. The Hall–Kier alpha value is -2.91. The second kappa shape index (κ2) is 9.73. The van der Waals surface area contributed by atoms with Crippen LogP contribution in [0.2, 0.25) is 0 Å². The maximum Gasteiger partial charge on any atom is 0.192 e. The van der Waals surface area contributed by atoms with Crippen LogP contribution < -0.4 is 15.4 Å². The van der Waals surface area contributed by atoms with E-state index in [4.69, 9.17) is 4.74 Å². The third kappa shape index (κ3) is 5.58. The maximum atomic E-state index is 10.8. The molecule has 0 saturated heterocycles. The highest BCUT2D eigenvalue weighted by Gasteiger charge is 2.23. The zero-order valence-corrected chi connectivity index (χ0v) is 18.5. The number of ether oxygens (including phenoxy) is 1. The highest BCUT2D eigenvalue weighted by molar-refractivity contribution is 7.08. The fourth-order valence-corrected chi connectivity index (χ4v) is 3.55. The number of nitrogens with one attached hydrogen (secondary N) is 2. The van der Waals surface area contributed by atoms with Gasteiger partial charge in [-0.2, -0.15) is 11.3 Å². The van der Waals surface area contributed by atoms with Crippen LogP contribution in [-0.2, 0) is 25.7 Å². The van der Waals surface area contributed by atoms with Crippen molar-refractivity contribution in [3.63, 3.8) is 0 Å². The van der Waals surface area contributed by atoms with Crippen molar-refractivity contribution in [3.8, 4) is 5.75 Å². The summed E-state index contributed by atoms with van der Waals surface area (Å²) in [4.78, 5) is 4.67. The molecule has 160 valence electrons. The number of benzene rings is 1. The van der Waals surface area contributed by atoms with Gasteiger partial charge in [0.05, 0.1) is 26.7 Å². The van der Waals surface area contributed by atoms with Gasteiger partial charge in [0.2, 0.25) is 0 Å². The van der Waals surface area contributed by atoms with Crippen molar-refractivity contribution in [1.29, 1.82) is 0 Å². The van der Waals surface area contributed by atoms with E-state index < -0.39 is 5.60 Å². The number of aliphatic imine (C=N–C) groups is 1. The molecule has 1 unspecified atom stereocenters. The van der Waals surface area contributed by atoms with Crippen molar-refractivity contribution in [2.75, 3.05) is 13.7 Å². The monoisotopic (exact) mass is 428 g/mol. The lowest BCUT2D eigenvalue weighted by Gasteiger charge is -2.24. The lowest BCUT2D eigenvalue weighted by molar-refractivity contribution is 0.0621. The van der Waals surface area contributed by atoms with Gasteiger partial charge >= 0.3 is 0 Å². The summed E-state index contributed by atoms with van der Waals surface area (Å²) in [6.45, 7) is 4.96. The molecular weight excluding hydrogens is 400 g/mol. The summed E-state index contributed by atoms with van der Waals surface area (Å²) in [6.07, 6.45) is 0. The summed E-state index contributed by atoms with van der Waals surface area (Å²) in [5, 5.41) is 29.5. The molecule has 2 heterocycles. The maximum absolute atomic E-state index is 10.8. The lowest BCUT2D eigenvalue weighted by atomic mass is 9.99. The van der Waals surface area contributed by atoms with Gasteiger partial charge in [-0.05, 0) is 53.9 Å². The van der Waals surface area contributed by atoms with E-state index in [0.717, 1.165) is 28.5 Å². The molecule has 8 nitrogen and oxygen atoms in total. The fourth-order valence-electron chi connectivity index (χ4n) is 2.77. The molecule has 0 aliphatic heterocycles. The van der Waals surface area contributed by atoms with Gasteiger partial charge in [-0.15, -0.1) is 10.2 Å². The molecule has 1 aromatic carbocycles. The molecule has 0 aliphatic carbocycles. The molecule has 0 amide bonds. The van der Waals surface area contributed by atoms with Crippen LogP contribution in [-0.4, -0.2) is 39.5 Å². The molecule has 0 radical (unpaired) electrons. The van der Waals surface area contributed by atoms with Gasteiger partial charge in [0.15, 0.2) is 11.8 Å². The normalized spacial score (nSPS) is 13.7. The molecule has 2 aromatic heterocycles. The third-order valence-corrected chi connectivity index (χ3v) is 5.60. The number of thiophene rings is 1. The smallest absolute Gasteiger partial charge is 0.192 e. The molecule has 0 saturated carbocycles. The largest absolute Gasteiger partial charge is 0.497 e. The van der Waals surface area contributed by atoms with E-state index in [-0.39, 0.29) is 0 Å². The molecule has 0 spiro atoms. The Balaban J connectivity index is 1.70. The average molecular weight is 429 g/mol. The van der Waals surface area contributed by atoms with Crippen LogP contribution in [0, 0.1) is 6.92 Å². The van der Waals surface area contributed by atoms with Crippen LogP contribution in [0.3, 0.4) is 0 Å². The molecule has 30 heavy (non-hydrogen) atoms. The zero-order valence-electron chi connectivity index (χ0n) is 17.7. The average Bonchev–Trinajstić information content (AvgIpc) is 3.40. The Kier molecular flexibility index (Phi) is 7.07. The Labute approximate surface area is 180 Å². The summed E-state index contributed by atoms with van der Waals surface area (Å²) < 4.78 is 7.13. The first-order valence-electron chi connectivity index (χ1n) is 9.64. The predicted octanol–water partition coefficient (Wildman–Crippen LogP) is 2.34. The number of aliphatic hydroxyl groups is 1. The summed E-state index contributed by atoms with van der Waals surface area (Å²) in [5.74, 6) is 3.04. The van der Waals surface area contributed by atoms with Crippen molar-refractivity contribution in [1.82, 2.24) is 25.4 Å². The predicted molar refractivity (Wildman–Crippen MR) is 119 cm³/mol. The van der Waals surface area contributed by atoms with Gasteiger partial charge in [-0.3, -0.25) is 0 Å². The quantitative estimate of drug-likeness (QED) is 0.376. The zero-order chi connectivity index (χ0) is 21.6. The van der Waals surface area contributed by atoms with Crippen molar-refractivity contribution in [3.05, 3.63) is 63.9 Å². The van der Waals surface area contributed by atoms with Crippen molar-refractivity contribution in [2.24, 2.45) is 12.0 Å². The van der Waals surface area contributed by atoms with Crippen LogP contribution in [0.15, 0.2) is 46.1 Å². The minimum Gasteiger partial charge on any atom is -0.497 e. The Morgan fingerprint density at radius 2 is 2.00 bits per heavy atom. The highest BCUT2D eigenvalue weighted by Crippen LogP contribution is 2.22. The molecule has 0 fully saturated rings. The number of methoxy groups -OCH3 is 1. The fraction of sp³-hybridized carbons (Fsp3) is 0.381. The molecule has 3 N–H and O–H groups in total. The van der Waals surface area contributed by atoms with Gasteiger partial charge in [0.25, 0.3) is 0 Å². The van der Waals surface area contributed by atoms with E-state index in [9.17, 15) is 5.11 Å². The second-order valence-corrected chi connectivity index (χ2v) is 8.01. The van der Waals surface area contributed by atoms with Gasteiger partial charge in [0.1, 0.15) is 17.2 Å². The molecular formula is C21H28N6O2S. The number of hydrogen-bond donors (Lipinski definition) is 3. The van der Waals surface area contributed by atoms with Gasteiger partial charge in [0, 0.05) is 7.05 Å². The molecule has 1 atom stereocenters. The first kappa shape index (κ1) is 21.8. The van der Waals surface area contributed by atoms with E-state index >= 15 is 0 Å². The van der Waals surface area contributed by atoms with Crippen LogP contribution in [0.25, 0.3) is 0 Å². The topological polar surface area (TPSA) is 96.6 Å². The van der Waals surface area contributed by atoms with Gasteiger partial charge < -0.3 is 25.0 Å². The minimum absolute atomic E-state index is 0.315. The molecule has 0 aliphatic rings. The number of rotatable bonds is 8. The number of nitrogens with zero attached hydrogens (tertiary/aromatic N) is 4. The standard InChI is InChI=1S/C21H28N6O2S/c1-15-25-26-19(27(15)3)12-23-20(22-11-16-5-7-18(29-4)8-6-16)24-14-21(2,28)17-9-10-30-13-17/h5-10,13,28H,11-12,14H2,1-4H3,(H2,22,23,24). The Morgan fingerprint density at radius 1 is 1.23 bits per heavy atom. The van der Waals surface area contributed by atoms with Gasteiger partial charge in [-0.1, -0.05) is 12.1 Å². The van der Waals surface area contributed by atoms with Crippen molar-refractivity contribution < 1.29 is 9.84 Å². The lowest BCUT2D eigenvalue weighted by Crippen LogP contribution is -2.44. The van der Waals surface area contributed by atoms with Crippen LogP contribution in [0.5, 0.6) is 5.75 Å². The SMILES string of the molecule is COc1ccc(CN=C(NCc2nnc(C)n2C)NCC(C)(O)c2ccsc2)cc1. The first-order chi connectivity index (χ1) is 14.4. The Morgan fingerprint density at radius 3 is 2.60 bits per heavy atom. The van der Waals surface area contributed by atoms with E-state index in [2.05, 4.69) is 25.8 Å². The van der Waals surface area contributed by atoms with Crippen LogP contribution >= 0.6 is 11.3 Å². The summed E-state index contributed by atoms with van der Waals surface area (Å²) in [5.41, 5.74) is 0.915. The number of aryl methyl sites for hydroxylation is 1. The Bertz CT molecular complexity index is 964. The van der Waals surface area contributed by atoms with E-state index in [0.29, 0.717) is 25.6 Å². The van der Waals surface area contributed by atoms with Crippen LogP contribution in [0.4, 0.5) is 0 Å². The van der Waals surface area contributed by atoms with Crippen molar-refractivity contribution in [2.45, 2.75) is 32.5 Å². The van der Waals surface area contributed by atoms with E-state index in [1.807, 2.05) is 59.6 Å². The third-order valence-electron chi connectivity index (χ3n) is 4.92. The summed E-state index contributed by atoms with van der Waals surface area (Å²) in [7, 11) is 3.57. The summed E-state index contributed by atoms with van der Waals surface area (Å²) in [6, 6.07) is 9.71. The molecule has 9 heteroatoms. The van der Waals surface area contributed by atoms with Crippen LogP contribution in [0.1, 0.15) is 29.7 Å². The number of guanidine groups is 1. The molecule has 3 rings (SSSR count).